The van der Waals surface area contributed by atoms with Gasteiger partial charge in [-0.2, -0.15) is 0 Å². The summed E-state index contributed by atoms with van der Waals surface area (Å²) < 4.78 is 7.15. The first kappa shape index (κ1) is 19.8. The van der Waals surface area contributed by atoms with Crippen molar-refractivity contribution in [3.05, 3.63) is 29.3 Å². The summed E-state index contributed by atoms with van der Waals surface area (Å²) in [5, 5.41) is 12.8. The second-order valence-electron chi connectivity index (χ2n) is 5.94. The van der Waals surface area contributed by atoms with Crippen molar-refractivity contribution in [3.63, 3.8) is 0 Å². The van der Waals surface area contributed by atoms with Crippen LogP contribution in [-0.2, 0) is 16.1 Å². The van der Waals surface area contributed by atoms with Crippen molar-refractivity contribution in [1.29, 1.82) is 0 Å². The van der Waals surface area contributed by atoms with Crippen LogP contribution in [0.5, 0.6) is 0 Å². The number of hydrogen-bond donors (Lipinski definition) is 1. The first-order chi connectivity index (χ1) is 12.0. The molecule has 0 saturated heterocycles. The normalized spacial score (nSPS) is 11.1. The number of halogens is 1. The van der Waals surface area contributed by atoms with Crippen molar-refractivity contribution >= 4 is 29.3 Å². The Hall–Kier alpha value is -1.57. The van der Waals surface area contributed by atoms with E-state index >= 15 is 0 Å². The van der Waals surface area contributed by atoms with Gasteiger partial charge in [0.25, 0.3) is 0 Å². The number of amides is 1. The number of nitrogens with one attached hydrogen (secondary N) is 1. The van der Waals surface area contributed by atoms with Crippen LogP contribution < -0.4 is 5.32 Å². The summed E-state index contributed by atoms with van der Waals surface area (Å²) in [6, 6.07) is 7.44. The van der Waals surface area contributed by atoms with Gasteiger partial charge in [0.05, 0.1) is 18.9 Å². The van der Waals surface area contributed by atoms with E-state index in [0.717, 1.165) is 11.4 Å². The molecule has 0 fully saturated rings. The molecule has 0 saturated carbocycles. The van der Waals surface area contributed by atoms with E-state index in [0.29, 0.717) is 41.5 Å². The molecule has 136 valence electrons. The van der Waals surface area contributed by atoms with Gasteiger partial charge in [0, 0.05) is 24.2 Å². The SMILES string of the molecule is COCCn1c(SCC(=O)NCC(C)C)nnc1-c1ccc(Cl)cc1. The first-order valence-electron chi connectivity index (χ1n) is 8.08. The highest BCUT2D eigenvalue weighted by Gasteiger charge is 2.15. The number of thioether (sulfide) groups is 1. The Morgan fingerprint density at radius 3 is 2.68 bits per heavy atom. The molecule has 1 aromatic carbocycles. The Bertz CT molecular complexity index is 688. The summed E-state index contributed by atoms with van der Waals surface area (Å²) in [7, 11) is 1.65. The summed E-state index contributed by atoms with van der Waals surface area (Å²) in [6.45, 7) is 5.94. The van der Waals surface area contributed by atoms with Crippen LogP contribution in [0.15, 0.2) is 29.4 Å². The predicted molar refractivity (Wildman–Crippen MR) is 101 cm³/mol. The monoisotopic (exact) mass is 382 g/mol. The van der Waals surface area contributed by atoms with E-state index < -0.39 is 0 Å². The number of carbonyl (C=O) groups excluding carboxylic acids is 1. The van der Waals surface area contributed by atoms with E-state index in [1.54, 1.807) is 7.11 Å². The largest absolute Gasteiger partial charge is 0.383 e. The molecular formula is C17H23ClN4O2S. The average Bonchev–Trinajstić information content (AvgIpc) is 2.99. The Balaban J connectivity index is 2.12. The highest BCUT2D eigenvalue weighted by atomic mass is 35.5. The van der Waals surface area contributed by atoms with E-state index in [4.69, 9.17) is 16.3 Å². The standard InChI is InChI=1S/C17H23ClN4O2S/c1-12(2)10-19-15(23)11-25-17-21-20-16(22(17)8-9-24-3)13-4-6-14(18)7-5-13/h4-7,12H,8-11H2,1-3H3,(H,19,23). The first-order valence-corrected chi connectivity index (χ1v) is 9.45. The minimum Gasteiger partial charge on any atom is -0.383 e. The minimum atomic E-state index is -0.00645. The molecule has 2 rings (SSSR count). The molecule has 0 atom stereocenters. The van der Waals surface area contributed by atoms with Gasteiger partial charge in [-0.25, -0.2) is 0 Å². The molecule has 0 aliphatic carbocycles. The second kappa shape index (κ2) is 9.79. The zero-order chi connectivity index (χ0) is 18.2. The van der Waals surface area contributed by atoms with Gasteiger partial charge < -0.3 is 10.1 Å². The molecule has 0 aliphatic rings. The highest BCUT2D eigenvalue weighted by Crippen LogP contribution is 2.25. The lowest BCUT2D eigenvalue weighted by molar-refractivity contribution is -0.118. The molecule has 0 radical (unpaired) electrons. The Labute approximate surface area is 157 Å². The fourth-order valence-electron chi connectivity index (χ4n) is 2.09. The predicted octanol–water partition coefficient (Wildman–Crippen LogP) is 3.11. The van der Waals surface area contributed by atoms with Crippen molar-refractivity contribution in [3.8, 4) is 11.4 Å². The van der Waals surface area contributed by atoms with Crippen LogP contribution in [-0.4, -0.2) is 46.7 Å². The molecule has 1 heterocycles. The molecule has 0 bridgehead atoms. The average molecular weight is 383 g/mol. The van der Waals surface area contributed by atoms with Gasteiger partial charge in [-0.1, -0.05) is 37.2 Å². The lowest BCUT2D eigenvalue weighted by Crippen LogP contribution is -2.28. The van der Waals surface area contributed by atoms with Crippen LogP contribution in [0.2, 0.25) is 5.02 Å². The summed E-state index contributed by atoms with van der Waals surface area (Å²) in [6.07, 6.45) is 0. The molecule has 6 nitrogen and oxygen atoms in total. The summed E-state index contributed by atoms with van der Waals surface area (Å²) in [4.78, 5) is 11.9. The summed E-state index contributed by atoms with van der Waals surface area (Å²) in [5.41, 5.74) is 0.920. The molecule has 1 amide bonds. The van der Waals surface area contributed by atoms with Crippen LogP contribution in [0, 0.1) is 5.92 Å². The molecular weight excluding hydrogens is 360 g/mol. The number of ether oxygens (including phenoxy) is 1. The van der Waals surface area contributed by atoms with Crippen molar-refractivity contribution in [2.24, 2.45) is 5.92 Å². The van der Waals surface area contributed by atoms with Gasteiger partial charge in [0.2, 0.25) is 5.91 Å². The van der Waals surface area contributed by atoms with Gasteiger partial charge in [-0.3, -0.25) is 9.36 Å². The maximum Gasteiger partial charge on any atom is 0.230 e. The topological polar surface area (TPSA) is 69.0 Å². The van der Waals surface area contributed by atoms with Gasteiger partial charge in [0.15, 0.2) is 11.0 Å². The Kier molecular flexibility index (Phi) is 7.74. The second-order valence-corrected chi connectivity index (χ2v) is 7.32. The van der Waals surface area contributed by atoms with Gasteiger partial charge >= 0.3 is 0 Å². The van der Waals surface area contributed by atoms with Crippen LogP contribution in [0.3, 0.4) is 0 Å². The lowest BCUT2D eigenvalue weighted by Gasteiger charge is -2.10. The molecule has 0 aliphatic heterocycles. The Morgan fingerprint density at radius 1 is 1.32 bits per heavy atom. The molecule has 0 spiro atoms. The van der Waals surface area contributed by atoms with E-state index in [9.17, 15) is 4.79 Å². The number of rotatable bonds is 9. The van der Waals surface area contributed by atoms with Crippen LogP contribution in [0.4, 0.5) is 0 Å². The van der Waals surface area contributed by atoms with Crippen molar-refractivity contribution in [2.75, 3.05) is 26.0 Å². The third-order valence-corrected chi connectivity index (χ3v) is 4.60. The van der Waals surface area contributed by atoms with Gasteiger partial charge in [-0.15, -0.1) is 10.2 Å². The highest BCUT2D eigenvalue weighted by molar-refractivity contribution is 7.99. The zero-order valence-corrected chi connectivity index (χ0v) is 16.2. The minimum absolute atomic E-state index is 0.00645. The number of benzene rings is 1. The number of carbonyl (C=O) groups is 1. The Morgan fingerprint density at radius 2 is 2.04 bits per heavy atom. The van der Waals surface area contributed by atoms with Crippen molar-refractivity contribution < 1.29 is 9.53 Å². The van der Waals surface area contributed by atoms with E-state index in [1.807, 2.05) is 28.8 Å². The van der Waals surface area contributed by atoms with Crippen LogP contribution in [0.1, 0.15) is 13.8 Å². The van der Waals surface area contributed by atoms with Gasteiger partial charge in [-0.05, 0) is 30.2 Å². The van der Waals surface area contributed by atoms with Crippen LogP contribution >= 0.6 is 23.4 Å². The lowest BCUT2D eigenvalue weighted by atomic mass is 10.2. The van der Waals surface area contributed by atoms with Gasteiger partial charge in [0.1, 0.15) is 0 Å². The number of aromatic nitrogens is 3. The molecule has 25 heavy (non-hydrogen) atoms. The summed E-state index contributed by atoms with van der Waals surface area (Å²) in [5.74, 6) is 1.46. The van der Waals surface area contributed by atoms with Crippen LogP contribution in [0.25, 0.3) is 11.4 Å². The number of methoxy groups -OCH3 is 1. The molecule has 2 aromatic rings. The third kappa shape index (κ3) is 6.02. The van der Waals surface area contributed by atoms with E-state index in [1.165, 1.54) is 11.8 Å². The number of nitrogens with zero attached hydrogens (tertiary/aromatic N) is 3. The van der Waals surface area contributed by atoms with Crippen molar-refractivity contribution in [1.82, 2.24) is 20.1 Å². The molecule has 1 N–H and O–H groups in total. The van der Waals surface area contributed by atoms with E-state index in [2.05, 4.69) is 29.4 Å². The summed E-state index contributed by atoms with van der Waals surface area (Å²) >= 11 is 7.32. The maximum absolute atomic E-state index is 11.9. The quantitative estimate of drug-likeness (QED) is 0.675. The smallest absolute Gasteiger partial charge is 0.230 e. The fraction of sp³-hybridized carbons (Fsp3) is 0.471. The zero-order valence-electron chi connectivity index (χ0n) is 14.7. The fourth-order valence-corrected chi connectivity index (χ4v) is 3.01. The van der Waals surface area contributed by atoms with E-state index in [-0.39, 0.29) is 5.91 Å². The number of hydrogen-bond acceptors (Lipinski definition) is 5. The maximum atomic E-state index is 11.9. The molecule has 8 heteroatoms. The third-order valence-electron chi connectivity index (χ3n) is 3.38. The van der Waals surface area contributed by atoms with Crippen molar-refractivity contribution in [2.45, 2.75) is 25.5 Å². The molecule has 1 aromatic heterocycles. The molecule has 0 unspecified atom stereocenters.